The van der Waals surface area contributed by atoms with Gasteiger partial charge in [-0.1, -0.05) is 20.8 Å². The third kappa shape index (κ3) is 6.36. The number of ether oxygens (including phenoxy) is 2. The first-order chi connectivity index (χ1) is 9.45. The lowest BCUT2D eigenvalue weighted by molar-refractivity contribution is -0.146. The number of rotatable bonds is 5. The Labute approximate surface area is 129 Å². The molecular weight excluding hydrogens is 270 g/mol. The van der Waals surface area contributed by atoms with Gasteiger partial charge in [0.2, 0.25) is 0 Å². The standard InChI is InChI=1S/C16H31NO4/c1-9-20-13(18)11-12(15(3,4)5)17(16(6,7)8)14(19)21-10-2/h12H,9-11H2,1-8H3. The molecule has 0 spiro atoms. The molecule has 0 bridgehead atoms. The van der Waals surface area contributed by atoms with Crippen molar-refractivity contribution in [3.63, 3.8) is 0 Å². The van der Waals surface area contributed by atoms with Crippen LogP contribution in [0.2, 0.25) is 0 Å². The van der Waals surface area contributed by atoms with Crippen LogP contribution in [0.15, 0.2) is 0 Å². The van der Waals surface area contributed by atoms with Gasteiger partial charge in [0.15, 0.2) is 0 Å². The van der Waals surface area contributed by atoms with Gasteiger partial charge in [-0.05, 0) is 40.0 Å². The van der Waals surface area contributed by atoms with Crippen LogP contribution in [0.4, 0.5) is 4.79 Å². The largest absolute Gasteiger partial charge is 0.466 e. The number of nitrogens with zero attached hydrogens (tertiary/aromatic N) is 1. The van der Waals surface area contributed by atoms with Gasteiger partial charge in [-0.3, -0.25) is 9.69 Å². The third-order valence-corrected chi connectivity index (χ3v) is 3.16. The van der Waals surface area contributed by atoms with Gasteiger partial charge in [0, 0.05) is 5.54 Å². The number of esters is 1. The zero-order valence-electron chi connectivity index (χ0n) is 14.8. The fourth-order valence-electron chi connectivity index (χ4n) is 2.22. The maximum Gasteiger partial charge on any atom is 0.410 e. The van der Waals surface area contributed by atoms with Gasteiger partial charge in [0.05, 0.1) is 25.7 Å². The number of hydrogen-bond donors (Lipinski definition) is 0. The number of carbonyl (C=O) groups is 2. The summed E-state index contributed by atoms with van der Waals surface area (Å²) in [5.74, 6) is -0.295. The highest BCUT2D eigenvalue weighted by molar-refractivity contribution is 5.73. The van der Waals surface area contributed by atoms with Crippen molar-refractivity contribution in [1.29, 1.82) is 0 Å². The quantitative estimate of drug-likeness (QED) is 0.728. The molecule has 0 N–H and O–H groups in total. The van der Waals surface area contributed by atoms with E-state index in [9.17, 15) is 9.59 Å². The zero-order valence-corrected chi connectivity index (χ0v) is 14.8. The average Bonchev–Trinajstić information content (AvgIpc) is 2.25. The van der Waals surface area contributed by atoms with Crippen LogP contribution in [0.1, 0.15) is 61.8 Å². The summed E-state index contributed by atoms with van der Waals surface area (Å²) >= 11 is 0. The van der Waals surface area contributed by atoms with E-state index in [-0.39, 0.29) is 23.8 Å². The zero-order chi connectivity index (χ0) is 16.8. The molecule has 1 unspecified atom stereocenters. The van der Waals surface area contributed by atoms with Crippen molar-refractivity contribution in [3.05, 3.63) is 0 Å². The van der Waals surface area contributed by atoms with E-state index < -0.39 is 11.6 Å². The third-order valence-electron chi connectivity index (χ3n) is 3.16. The molecule has 5 nitrogen and oxygen atoms in total. The minimum Gasteiger partial charge on any atom is -0.466 e. The highest BCUT2D eigenvalue weighted by Gasteiger charge is 2.41. The number of carbonyl (C=O) groups excluding carboxylic acids is 2. The van der Waals surface area contributed by atoms with Crippen LogP contribution in [0.5, 0.6) is 0 Å². The summed E-state index contributed by atoms with van der Waals surface area (Å²) < 4.78 is 10.2. The van der Waals surface area contributed by atoms with Crippen LogP contribution in [-0.4, -0.2) is 41.8 Å². The number of amides is 1. The molecule has 0 saturated carbocycles. The van der Waals surface area contributed by atoms with E-state index in [0.717, 1.165) is 0 Å². The van der Waals surface area contributed by atoms with E-state index in [1.165, 1.54) is 0 Å². The lowest BCUT2D eigenvalue weighted by Gasteiger charge is -2.46. The molecule has 0 aliphatic carbocycles. The van der Waals surface area contributed by atoms with E-state index in [1.54, 1.807) is 18.7 Å². The molecule has 0 rings (SSSR count). The molecule has 0 aromatic carbocycles. The summed E-state index contributed by atoms with van der Waals surface area (Å²) in [6.07, 6.45) is -0.234. The molecule has 0 aromatic rings. The first-order valence-electron chi connectivity index (χ1n) is 7.56. The van der Waals surface area contributed by atoms with Crippen molar-refractivity contribution >= 4 is 12.1 Å². The van der Waals surface area contributed by atoms with Gasteiger partial charge in [0.1, 0.15) is 0 Å². The second-order valence-electron chi connectivity index (χ2n) is 7.13. The predicted molar refractivity (Wildman–Crippen MR) is 83.1 cm³/mol. The Kier molecular flexibility index (Phi) is 7.20. The first-order valence-corrected chi connectivity index (χ1v) is 7.56. The average molecular weight is 301 g/mol. The SMILES string of the molecule is CCOC(=O)CC(N(C(=O)OCC)C(C)(C)C)C(C)(C)C. The summed E-state index contributed by atoms with van der Waals surface area (Å²) in [7, 11) is 0. The summed E-state index contributed by atoms with van der Waals surface area (Å²) in [6.45, 7) is 16.0. The maximum absolute atomic E-state index is 12.4. The molecule has 124 valence electrons. The first kappa shape index (κ1) is 19.7. The summed E-state index contributed by atoms with van der Waals surface area (Å²) in [5, 5.41) is 0. The fourth-order valence-corrected chi connectivity index (χ4v) is 2.22. The predicted octanol–water partition coefficient (Wildman–Crippen LogP) is 3.61. The lowest BCUT2D eigenvalue weighted by atomic mass is 9.81. The van der Waals surface area contributed by atoms with E-state index in [2.05, 4.69) is 0 Å². The second-order valence-corrected chi connectivity index (χ2v) is 7.13. The molecule has 1 atom stereocenters. The van der Waals surface area contributed by atoms with Crippen LogP contribution in [0.25, 0.3) is 0 Å². The molecule has 0 heterocycles. The van der Waals surface area contributed by atoms with Crippen LogP contribution < -0.4 is 0 Å². The van der Waals surface area contributed by atoms with E-state index in [4.69, 9.17) is 9.47 Å². The van der Waals surface area contributed by atoms with E-state index in [0.29, 0.717) is 13.2 Å². The smallest absolute Gasteiger partial charge is 0.410 e. The molecule has 5 heteroatoms. The normalized spacial score (nSPS) is 13.5. The molecule has 0 aromatic heterocycles. The fraction of sp³-hybridized carbons (Fsp3) is 0.875. The molecule has 0 radical (unpaired) electrons. The van der Waals surface area contributed by atoms with Crippen molar-refractivity contribution in [2.45, 2.75) is 73.4 Å². The minimum atomic E-state index is -0.448. The lowest BCUT2D eigenvalue weighted by Crippen LogP contribution is -2.57. The molecule has 0 saturated heterocycles. The highest BCUT2D eigenvalue weighted by Crippen LogP contribution is 2.33. The Hall–Kier alpha value is -1.26. The summed E-state index contributed by atoms with van der Waals surface area (Å²) in [4.78, 5) is 25.9. The molecule has 0 fully saturated rings. The van der Waals surface area contributed by atoms with Crippen molar-refractivity contribution in [2.24, 2.45) is 5.41 Å². The van der Waals surface area contributed by atoms with Gasteiger partial charge in [-0.25, -0.2) is 4.79 Å². The molecule has 1 amide bonds. The van der Waals surface area contributed by atoms with Crippen LogP contribution in [0, 0.1) is 5.41 Å². The Bertz CT molecular complexity index is 352. The van der Waals surface area contributed by atoms with Crippen LogP contribution in [0.3, 0.4) is 0 Å². The van der Waals surface area contributed by atoms with Gasteiger partial charge in [0.25, 0.3) is 0 Å². The second kappa shape index (κ2) is 7.66. The van der Waals surface area contributed by atoms with E-state index >= 15 is 0 Å². The topological polar surface area (TPSA) is 55.8 Å². The van der Waals surface area contributed by atoms with Crippen molar-refractivity contribution in [3.8, 4) is 0 Å². The van der Waals surface area contributed by atoms with Gasteiger partial charge >= 0.3 is 12.1 Å². The van der Waals surface area contributed by atoms with Gasteiger partial charge in [-0.15, -0.1) is 0 Å². The Morgan fingerprint density at radius 1 is 0.952 bits per heavy atom. The van der Waals surface area contributed by atoms with Gasteiger partial charge in [-0.2, -0.15) is 0 Å². The maximum atomic E-state index is 12.4. The number of hydrogen-bond acceptors (Lipinski definition) is 4. The molecule has 0 aliphatic rings. The Morgan fingerprint density at radius 3 is 1.76 bits per heavy atom. The Morgan fingerprint density at radius 2 is 1.43 bits per heavy atom. The highest BCUT2D eigenvalue weighted by atomic mass is 16.6. The van der Waals surface area contributed by atoms with Crippen molar-refractivity contribution in [2.75, 3.05) is 13.2 Å². The summed E-state index contributed by atoms with van der Waals surface area (Å²) in [6, 6.07) is -0.296. The van der Waals surface area contributed by atoms with Crippen molar-refractivity contribution in [1.82, 2.24) is 4.90 Å². The minimum absolute atomic E-state index is 0.160. The van der Waals surface area contributed by atoms with Crippen LogP contribution in [-0.2, 0) is 14.3 Å². The monoisotopic (exact) mass is 301 g/mol. The molecule has 0 aliphatic heterocycles. The molecule has 21 heavy (non-hydrogen) atoms. The van der Waals surface area contributed by atoms with Crippen LogP contribution >= 0.6 is 0 Å². The van der Waals surface area contributed by atoms with Crippen molar-refractivity contribution < 1.29 is 19.1 Å². The Balaban J connectivity index is 5.49. The van der Waals surface area contributed by atoms with Gasteiger partial charge < -0.3 is 9.47 Å². The molecular formula is C16H31NO4. The van der Waals surface area contributed by atoms with E-state index in [1.807, 2.05) is 41.5 Å². The summed E-state index contributed by atoms with van der Waals surface area (Å²) in [5.41, 5.74) is -0.719.